The molecule has 2 aromatic carbocycles. The van der Waals surface area contributed by atoms with Crippen molar-refractivity contribution in [3.8, 4) is 5.75 Å². The van der Waals surface area contributed by atoms with Crippen LogP contribution in [0.3, 0.4) is 0 Å². The maximum atomic E-state index is 12.0. The number of aryl methyl sites for hydroxylation is 1. The average Bonchev–Trinajstić information content (AvgIpc) is 2.90. The van der Waals surface area contributed by atoms with Crippen LogP contribution in [0.15, 0.2) is 48.7 Å². The number of methoxy groups -OCH3 is 1. The molecule has 0 aliphatic carbocycles. The van der Waals surface area contributed by atoms with Crippen molar-refractivity contribution in [2.45, 2.75) is 6.54 Å². The van der Waals surface area contributed by atoms with E-state index in [-0.39, 0.29) is 6.03 Å². The summed E-state index contributed by atoms with van der Waals surface area (Å²) in [5.41, 5.74) is 2.81. The summed E-state index contributed by atoms with van der Waals surface area (Å²) >= 11 is 5.83. The van der Waals surface area contributed by atoms with Crippen LogP contribution in [0.2, 0.25) is 5.02 Å². The minimum Gasteiger partial charge on any atom is -0.497 e. The zero-order valence-corrected chi connectivity index (χ0v) is 14.2. The van der Waals surface area contributed by atoms with Crippen LogP contribution < -0.4 is 15.4 Å². The number of halogens is 1. The quantitative estimate of drug-likeness (QED) is 0.747. The number of fused-ring (bicyclic) bond motifs is 1. The minimum atomic E-state index is -0.266. The largest absolute Gasteiger partial charge is 0.497 e. The van der Waals surface area contributed by atoms with Gasteiger partial charge in [-0.05, 0) is 48.0 Å². The van der Waals surface area contributed by atoms with Gasteiger partial charge >= 0.3 is 6.03 Å². The van der Waals surface area contributed by atoms with Crippen LogP contribution in [0, 0.1) is 0 Å². The Labute approximate surface area is 145 Å². The number of hydrogen-bond donors (Lipinski definition) is 2. The SMILES string of the molecule is COc1ccc2c(c1)c(CNC(=O)Nc1ccc(Cl)cc1)cn2C. The number of anilines is 1. The Kier molecular flexibility index (Phi) is 4.62. The Morgan fingerprint density at radius 1 is 1.21 bits per heavy atom. The second kappa shape index (κ2) is 6.84. The van der Waals surface area contributed by atoms with Gasteiger partial charge in [0.1, 0.15) is 5.75 Å². The van der Waals surface area contributed by atoms with Crippen LogP contribution in [0.4, 0.5) is 10.5 Å². The van der Waals surface area contributed by atoms with E-state index >= 15 is 0 Å². The van der Waals surface area contributed by atoms with E-state index in [0.717, 1.165) is 22.2 Å². The Hall–Kier alpha value is -2.66. The second-order valence-electron chi connectivity index (χ2n) is 5.46. The van der Waals surface area contributed by atoms with Crippen LogP contribution >= 0.6 is 11.6 Å². The molecule has 1 aromatic heterocycles. The third-order valence-electron chi connectivity index (χ3n) is 3.82. The number of ether oxygens (including phenoxy) is 1. The van der Waals surface area contributed by atoms with Crippen LogP contribution in [-0.2, 0) is 13.6 Å². The lowest BCUT2D eigenvalue weighted by atomic mass is 10.1. The van der Waals surface area contributed by atoms with Gasteiger partial charge in [0.2, 0.25) is 0 Å². The molecule has 5 nitrogen and oxygen atoms in total. The van der Waals surface area contributed by atoms with E-state index in [0.29, 0.717) is 17.3 Å². The first-order valence-electron chi connectivity index (χ1n) is 7.49. The maximum Gasteiger partial charge on any atom is 0.319 e. The standard InChI is InChI=1S/C18H18ClN3O2/c1-22-11-12(16-9-15(24-2)7-8-17(16)22)10-20-18(23)21-14-5-3-13(19)4-6-14/h3-9,11H,10H2,1-2H3,(H2,20,21,23). The van der Waals surface area contributed by atoms with Gasteiger partial charge in [-0.2, -0.15) is 0 Å². The number of aromatic nitrogens is 1. The van der Waals surface area contributed by atoms with Gasteiger partial charge in [0, 0.05) is 41.4 Å². The van der Waals surface area contributed by atoms with Gasteiger partial charge in [0.05, 0.1) is 7.11 Å². The monoisotopic (exact) mass is 343 g/mol. The van der Waals surface area contributed by atoms with E-state index in [4.69, 9.17) is 16.3 Å². The van der Waals surface area contributed by atoms with Crippen LogP contribution in [0.5, 0.6) is 5.75 Å². The molecule has 0 aliphatic rings. The third-order valence-corrected chi connectivity index (χ3v) is 4.07. The summed E-state index contributed by atoms with van der Waals surface area (Å²) in [6, 6.07) is 12.6. The Morgan fingerprint density at radius 3 is 2.67 bits per heavy atom. The van der Waals surface area contributed by atoms with E-state index < -0.39 is 0 Å². The van der Waals surface area contributed by atoms with Crippen molar-refractivity contribution in [2.24, 2.45) is 7.05 Å². The zero-order valence-electron chi connectivity index (χ0n) is 13.5. The molecule has 0 aliphatic heterocycles. The fourth-order valence-corrected chi connectivity index (χ4v) is 2.73. The minimum absolute atomic E-state index is 0.266. The average molecular weight is 344 g/mol. The molecule has 0 atom stereocenters. The van der Waals surface area contributed by atoms with Crippen molar-refractivity contribution in [3.05, 3.63) is 59.2 Å². The molecule has 0 spiro atoms. The van der Waals surface area contributed by atoms with Gasteiger partial charge < -0.3 is 19.9 Å². The van der Waals surface area contributed by atoms with E-state index in [2.05, 4.69) is 10.6 Å². The molecular formula is C18H18ClN3O2. The van der Waals surface area contributed by atoms with E-state index in [9.17, 15) is 4.79 Å². The molecule has 0 unspecified atom stereocenters. The molecule has 24 heavy (non-hydrogen) atoms. The highest BCUT2D eigenvalue weighted by Gasteiger charge is 2.09. The first-order chi connectivity index (χ1) is 11.6. The number of benzene rings is 2. The molecule has 2 N–H and O–H groups in total. The molecule has 1 heterocycles. The summed E-state index contributed by atoms with van der Waals surface area (Å²) in [6.07, 6.45) is 2.01. The highest BCUT2D eigenvalue weighted by Crippen LogP contribution is 2.25. The number of hydrogen-bond acceptors (Lipinski definition) is 2. The van der Waals surface area contributed by atoms with Crippen molar-refractivity contribution in [3.63, 3.8) is 0 Å². The summed E-state index contributed by atoms with van der Waals surface area (Å²) in [4.78, 5) is 12.0. The second-order valence-corrected chi connectivity index (χ2v) is 5.90. The van der Waals surface area contributed by atoms with Crippen molar-refractivity contribution in [2.75, 3.05) is 12.4 Å². The van der Waals surface area contributed by atoms with Crippen LogP contribution in [-0.4, -0.2) is 17.7 Å². The maximum absolute atomic E-state index is 12.0. The van der Waals surface area contributed by atoms with E-state index in [1.807, 2.05) is 36.0 Å². The fraction of sp³-hybridized carbons (Fsp3) is 0.167. The number of carbonyl (C=O) groups is 1. The predicted octanol–water partition coefficient (Wildman–Crippen LogP) is 4.16. The molecule has 3 rings (SSSR count). The van der Waals surface area contributed by atoms with Gasteiger partial charge in [-0.25, -0.2) is 4.79 Å². The van der Waals surface area contributed by atoms with Gasteiger partial charge in [0.15, 0.2) is 0 Å². The smallest absolute Gasteiger partial charge is 0.319 e. The van der Waals surface area contributed by atoms with Gasteiger partial charge in [-0.15, -0.1) is 0 Å². The Balaban J connectivity index is 1.70. The van der Waals surface area contributed by atoms with Crippen LogP contribution in [0.1, 0.15) is 5.56 Å². The summed E-state index contributed by atoms with van der Waals surface area (Å²) in [6.45, 7) is 0.421. The number of amides is 2. The fourth-order valence-electron chi connectivity index (χ4n) is 2.60. The highest BCUT2D eigenvalue weighted by atomic mass is 35.5. The Morgan fingerprint density at radius 2 is 1.96 bits per heavy atom. The number of rotatable bonds is 4. The van der Waals surface area contributed by atoms with Gasteiger partial charge in [-0.3, -0.25) is 0 Å². The number of carbonyl (C=O) groups excluding carboxylic acids is 1. The molecule has 0 saturated heterocycles. The van der Waals surface area contributed by atoms with Crippen molar-refractivity contribution >= 4 is 34.2 Å². The number of urea groups is 1. The molecular weight excluding hydrogens is 326 g/mol. The summed E-state index contributed by atoms with van der Waals surface area (Å²) in [5, 5.41) is 7.33. The van der Waals surface area contributed by atoms with Crippen molar-refractivity contribution < 1.29 is 9.53 Å². The lowest BCUT2D eigenvalue weighted by Gasteiger charge is -2.07. The Bertz CT molecular complexity index is 872. The van der Waals surface area contributed by atoms with Gasteiger partial charge in [-0.1, -0.05) is 11.6 Å². The van der Waals surface area contributed by atoms with Gasteiger partial charge in [0.25, 0.3) is 0 Å². The predicted molar refractivity (Wildman–Crippen MR) is 96.8 cm³/mol. The lowest BCUT2D eigenvalue weighted by Crippen LogP contribution is -2.28. The first kappa shape index (κ1) is 16.2. The highest BCUT2D eigenvalue weighted by molar-refractivity contribution is 6.30. The van der Waals surface area contributed by atoms with Crippen LogP contribution in [0.25, 0.3) is 10.9 Å². The van der Waals surface area contributed by atoms with Crippen molar-refractivity contribution in [1.29, 1.82) is 0 Å². The molecule has 2 amide bonds. The summed E-state index contributed by atoms with van der Waals surface area (Å²) in [7, 11) is 3.62. The molecule has 0 saturated carbocycles. The molecule has 3 aromatic rings. The van der Waals surface area contributed by atoms with E-state index in [1.165, 1.54) is 0 Å². The number of nitrogens with one attached hydrogen (secondary N) is 2. The summed E-state index contributed by atoms with van der Waals surface area (Å²) in [5.74, 6) is 0.792. The topological polar surface area (TPSA) is 55.3 Å². The van der Waals surface area contributed by atoms with Crippen molar-refractivity contribution in [1.82, 2.24) is 9.88 Å². The number of nitrogens with zero attached hydrogens (tertiary/aromatic N) is 1. The summed E-state index contributed by atoms with van der Waals surface area (Å²) < 4.78 is 7.31. The third kappa shape index (κ3) is 3.46. The zero-order chi connectivity index (χ0) is 17.1. The normalized spacial score (nSPS) is 10.6. The molecule has 0 radical (unpaired) electrons. The molecule has 6 heteroatoms. The molecule has 124 valence electrons. The first-order valence-corrected chi connectivity index (χ1v) is 7.87. The molecule has 0 fully saturated rings. The lowest BCUT2D eigenvalue weighted by molar-refractivity contribution is 0.252. The molecule has 0 bridgehead atoms. The van der Waals surface area contributed by atoms with E-state index in [1.54, 1.807) is 31.4 Å².